The van der Waals surface area contributed by atoms with Gasteiger partial charge in [-0.3, -0.25) is 0 Å². The molecule has 0 saturated carbocycles. The molecule has 0 aliphatic carbocycles. The average Bonchev–Trinajstić information content (AvgIpc) is 2.44. The van der Waals surface area contributed by atoms with Crippen molar-refractivity contribution in [2.75, 3.05) is 13.3 Å². The minimum absolute atomic E-state index is 0.122. The van der Waals surface area contributed by atoms with Crippen LogP contribution in [0.15, 0.2) is 47.4 Å². The SMILES string of the molecule is CNC(c1cc(C)ccc1F)c1ccccc1SC. The van der Waals surface area contributed by atoms with Gasteiger partial charge in [-0.1, -0.05) is 35.9 Å². The fourth-order valence-electron chi connectivity index (χ4n) is 2.27. The number of benzene rings is 2. The van der Waals surface area contributed by atoms with E-state index in [0.717, 1.165) is 11.1 Å². The van der Waals surface area contributed by atoms with Crippen LogP contribution in [0.5, 0.6) is 0 Å². The number of nitrogens with one attached hydrogen (secondary N) is 1. The van der Waals surface area contributed by atoms with E-state index >= 15 is 0 Å². The number of thioether (sulfide) groups is 1. The van der Waals surface area contributed by atoms with Gasteiger partial charge in [0, 0.05) is 10.5 Å². The van der Waals surface area contributed by atoms with Gasteiger partial charge in [0.2, 0.25) is 0 Å². The fourth-order valence-corrected chi connectivity index (χ4v) is 2.90. The predicted octanol–water partition coefficient (Wildman–Crippen LogP) is 4.16. The summed E-state index contributed by atoms with van der Waals surface area (Å²) in [5.74, 6) is -0.166. The minimum Gasteiger partial charge on any atom is -0.309 e. The van der Waals surface area contributed by atoms with Gasteiger partial charge in [0.1, 0.15) is 5.82 Å². The molecule has 0 amide bonds. The summed E-state index contributed by atoms with van der Waals surface area (Å²) in [6.45, 7) is 1.98. The summed E-state index contributed by atoms with van der Waals surface area (Å²) in [5.41, 5.74) is 2.88. The van der Waals surface area contributed by atoms with E-state index in [0.29, 0.717) is 5.56 Å². The molecule has 1 N–H and O–H groups in total. The molecular formula is C16H18FNS. The Balaban J connectivity index is 2.53. The number of hydrogen-bond donors (Lipinski definition) is 1. The molecule has 2 rings (SSSR count). The van der Waals surface area contributed by atoms with Gasteiger partial charge in [-0.15, -0.1) is 11.8 Å². The van der Waals surface area contributed by atoms with Gasteiger partial charge < -0.3 is 5.32 Å². The maximum Gasteiger partial charge on any atom is 0.128 e. The first kappa shape index (κ1) is 14.1. The molecule has 19 heavy (non-hydrogen) atoms. The Hall–Kier alpha value is -1.32. The molecule has 0 fully saturated rings. The maximum atomic E-state index is 14.1. The third kappa shape index (κ3) is 2.99. The van der Waals surface area contributed by atoms with Crippen LogP contribution in [0.3, 0.4) is 0 Å². The molecule has 0 aliphatic heterocycles. The van der Waals surface area contributed by atoms with E-state index in [9.17, 15) is 4.39 Å². The predicted molar refractivity (Wildman–Crippen MR) is 80.3 cm³/mol. The summed E-state index contributed by atoms with van der Waals surface area (Å²) in [6.07, 6.45) is 2.04. The van der Waals surface area contributed by atoms with Crippen LogP contribution in [0.2, 0.25) is 0 Å². The third-order valence-electron chi connectivity index (χ3n) is 3.20. The zero-order chi connectivity index (χ0) is 13.8. The standard InChI is InChI=1S/C16H18FNS/c1-11-8-9-14(17)13(10-11)16(18-2)12-6-4-5-7-15(12)19-3/h4-10,16,18H,1-3H3. The van der Waals surface area contributed by atoms with E-state index in [1.165, 1.54) is 11.0 Å². The molecule has 0 aromatic heterocycles. The smallest absolute Gasteiger partial charge is 0.128 e. The zero-order valence-corrected chi connectivity index (χ0v) is 12.2. The van der Waals surface area contributed by atoms with Crippen molar-refractivity contribution in [3.8, 4) is 0 Å². The summed E-state index contributed by atoms with van der Waals surface area (Å²) in [4.78, 5) is 1.17. The summed E-state index contributed by atoms with van der Waals surface area (Å²) in [6, 6.07) is 13.2. The van der Waals surface area contributed by atoms with Crippen LogP contribution in [-0.4, -0.2) is 13.3 Å². The van der Waals surface area contributed by atoms with Gasteiger partial charge in [-0.05, 0) is 37.9 Å². The first-order valence-electron chi connectivity index (χ1n) is 6.23. The van der Waals surface area contributed by atoms with Gasteiger partial charge in [0.15, 0.2) is 0 Å². The molecule has 0 spiro atoms. The van der Waals surface area contributed by atoms with Crippen molar-refractivity contribution >= 4 is 11.8 Å². The first-order chi connectivity index (χ1) is 9.17. The largest absolute Gasteiger partial charge is 0.309 e. The van der Waals surface area contributed by atoms with Crippen LogP contribution in [0, 0.1) is 12.7 Å². The van der Waals surface area contributed by atoms with Crippen molar-refractivity contribution in [1.82, 2.24) is 5.32 Å². The van der Waals surface area contributed by atoms with Crippen molar-refractivity contribution in [3.63, 3.8) is 0 Å². The Kier molecular flexibility index (Phi) is 4.61. The number of hydrogen-bond acceptors (Lipinski definition) is 2. The Bertz CT molecular complexity index is 568. The normalized spacial score (nSPS) is 12.4. The van der Waals surface area contributed by atoms with Gasteiger partial charge in [-0.25, -0.2) is 4.39 Å². The van der Waals surface area contributed by atoms with E-state index in [-0.39, 0.29) is 11.9 Å². The maximum absolute atomic E-state index is 14.1. The lowest BCUT2D eigenvalue weighted by atomic mass is 9.97. The minimum atomic E-state index is -0.166. The number of aryl methyl sites for hydroxylation is 1. The second-order valence-electron chi connectivity index (χ2n) is 4.49. The van der Waals surface area contributed by atoms with E-state index in [2.05, 4.69) is 17.4 Å². The van der Waals surface area contributed by atoms with Gasteiger partial charge in [0.05, 0.1) is 6.04 Å². The molecule has 0 bridgehead atoms. The lowest BCUT2D eigenvalue weighted by Gasteiger charge is -2.20. The van der Waals surface area contributed by atoms with Crippen molar-refractivity contribution in [2.24, 2.45) is 0 Å². The quantitative estimate of drug-likeness (QED) is 0.841. The molecular weight excluding hydrogens is 257 g/mol. The highest BCUT2D eigenvalue weighted by atomic mass is 32.2. The molecule has 2 aromatic carbocycles. The van der Waals surface area contributed by atoms with Gasteiger partial charge in [0.25, 0.3) is 0 Å². The monoisotopic (exact) mass is 275 g/mol. The van der Waals surface area contributed by atoms with Crippen molar-refractivity contribution in [2.45, 2.75) is 17.9 Å². The van der Waals surface area contributed by atoms with Crippen molar-refractivity contribution < 1.29 is 4.39 Å². The summed E-state index contributed by atoms with van der Waals surface area (Å²) < 4.78 is 14.1. The van der Waals surface area contributed by atoms with Crippen LogP contribution < -0.4 is 5.32 Å². The number of rotatable bonds is 4. The fraction of sp³-hybridized carbons (Fsp3) is 0.250. The zero-order valence-electron chi connectivity index (χ0n) is 11.4. The average molecular weight is 275 g/mol. The Morgan fingerprint density at radius 3 is 2.53 bits per heavy atom. The Morgan fingerprint density at radius 1 is 1.11 bits per heavy atom. The molecule has 0 radical (unpaired) electrons. The lowest BCUT2D eigenvalue weighted by molar-refractivity contribution is 0.572. The highest BCUT2D eigenvalue weighted by Crippen LogP contribution is 2.31. The van der Waals surface area contributed by atoms with Crippen LogP contribution in [-0.2, 0) is 0 Å². The second kappa shape index (κ2) is 6.22. The summed E-state index contributed by atoms with van der Waals surface area (Å²) in [5, 5.41) is 3.22. The van der Waals surface area contributed by atoms with E-state index in [1.54, 1.807) is 17.8 Å². The summed E-state index contributed by atoms with van der Waals surface area (Å²) >= 11 is 1.68. The molecule has 1 atom stereocenters. The lowest BCUT2D eigenvalue weighted by Crippen LogP contribution is -2.19. The summed E-state index contributed by atoms with van der Waals surface area (Å²) in [7, 11) is 1.86. The van der Waals surface area contributed by atoms with Crippen LogP contribution in [0.25, 0.3) is 0 Å². The molecule has 0 saturated heterocycles. The Labute approximate surface area is 118 Å². The topological polar surface area (TPSA) is 12.0 Å². The number of halogens is 1. The van der Waals surface area contributed by atoms with Crippen LogP contribution >= 0.6 is 11.8 Å². The molecule has 100 valence electrons. The van der Waals surface area contributed by atoms with Gasteiger partial charge in [-0.2, -0.15) is 0 Å². The molecule has 0 heterocycles. The van der Waals surface area contributed by atoms with Gasteiger partial charge >= 0.3 is 0 Å². The Morgan fingerprint density at radius 2 is 1.84 bits per heavy atom. The van der Waals surface area contributed by atoms with Crippen LogP contribution in [0.4, 0.5) is 4.39 Å². The molecule has 0 aliphatic rings. The molecule has 3 heteroatoms. The van der Waals surface area contributed by atoms with Crippen molar-refractivity contribution in [3.05, 3.63) is 65.0 Å². The van der Waals surface area contributed by atoms with E-state index in [4.69, 9.17) is 0 Å². The van der Waals surface area contributed by atoms with Crippen molar-refractivity contribution in [1.29, 1.82) is 0 Å². The highest BCUT2D eigenvalue weighted by Gasteiger charge is 2.18. The first-order valence-corrected chi connectivity index (χ1v) is 7.46. The molecule has 2 aromatic rings. The second-order valence-corrected chi connectivity index (χ2v) is 5.34. The molecule has 1 nitrogen and oxygen atoms in total. The van der Waals surface area contributed by atoms with E-state index in [1.807, 2.05) is 38.4 Å². The third-order valence-corrected chi connectivity index (χ3v) is 4.01. The highest BCUT2D eigenvalue weighted by molar-refractivity contribution is 7.98. The van der Waals surface area contributed by atoms with Crippen LogP contribution in [0.1, 0.15) is 22.7 Å². The molecule has 1 unspecified atom stereocenters. The van der Waals surface area contributed by atoms with E-state index < -0.39 is 0 Å².